The minimum absolute atomic E-state index is 0.202. The number of carbonyl (C=O) groups is 2. The van der Waals surface area contributed by atoms with Gasteiger partial charge in [0.05, 0.1) is 24.4 Å². The van der Waals surface area contributed by atoms with Crippen LogP contribution in [0.1, 0.15) is 48.8 Å². The van der Waals surface area contributed by atoms with Gasteiger partial charge in [0.1, 0.15) is 16.3 Å². The Kier molecular flexibility index (Phi) is 6.30. The number of thiophene rings is 1. The van der Waals surface area contributed by atoms with Crippen molar-refractivity contribution in [2.45, 2.75) is 53.2 Å². The fraction of sp³-hybridized carbons (Fsp3) is 0.529. The van der Waals surface area contributed by atoms with Crippen molar-refractivity contribution in [1.29, 1.82) is 0 Å². The number of fused-ring (bicyclic) bond motifs is 1. The second-order valence-electron chi connectivity index (χ2n) is 5.94. The molecule has 2 aromatic heterocycles. The van der Waals surface area contributed by atoms with Crippen LogP contribution in [0.2, 0.25) is 0 Å². The third kappa shape index (κ3) is 4.45. The van der Waals surface area contributed by atoms with Crippen LogP contribution in [0.5, 0.6) is 0 Å². The van der Waals surface area contributed by atoms with Crippen LogP contribution in [-0.2, 0) is 20.8 Å². The monoisotopic (exact) mass is 366 g/mol. The predicted octanol–water partition coefficient (Wildman–Crippen LogP) is 2.67. The van der Waals surface area contributed by atoms with Gasteiger partial charge in [0.2, 0.25) is 0 Å². The van der Waals surface area contributed by atoms with Gasteiger partial charge in [-0.05, 0) is 32.8 Å². The lowest BCUT2D eigenvalue weighted by Gasteiger charge is -2.07. The summed E-state index contributed by atoms with van der Waals surface area (Å²) in [7, 11) is 0. The van der Waals surface area contributed by atoms with Crippen molar-refractivity contribution in [3.63, 3.8) is 0 Å². The highest BCUT2D eigenvalue weighted by molar-refractivity contribution is 7.20. The molecule has 0 aromatic carbocycles. The van der Waals surface area contributed by atoms with Crippen molar-refractivity contribution in [2.75, 3.05) is 6.61 Å². The van der Waals surface area contributed by atoms with Crippen LogP contribution < -0.4 is 5.56 Å². The highest BCUT2D eigenvalue weighted by atomic mass is 32.1. The van der Waals surface area contributed by atoms with E-state index in [1.807, 2.05) is 6.92 Å². The van der Waals surface area contributed by atoms with Crippen LogP contribution in [-0.4, -0.2) is 34.2 Å². The molecule has 0 N–H and O–H groups in total. The van der Waals surface area contributed by atoms with Crippen molar-refractivity contribution in [3.8, 4) is 0 Å². The van der Waals surface area contributed by atoms with Gasteiger partial charge in [0.25, 0.3) is 5.56 Å². The van der Waals surface area contributed by atoms with Crippen LogP contribution in [0.25, 0.3) is 10.2 Å². The molecular weight excluding hydrogens is 344 g/mol. The molecule has 0 amide bonds. The molecule has 0 fully saturated rings. The molecule has 0 bridgehead atoms. The molecular formula is C17H22N2O5S. The first-order valence-electron chi connectivity index (χ1n) is 8.20. The van der Waals surface area contributed by atoms with E-state index in [2.05, 4.69) is 4.98 Å². The minimum Gasteiger partial charge on any atom is -0.464 e. The number of rotatable bonds is 7. The summed E-state index contributed by atoms with van der Waals surface area (Å²) in [5.74, 6) is -0.954. The van der Waals surface area contributed by atoms with Crippen LogP contribution in [0, 0.1) is 6.92 Å². The highest BCUT2D eigenvalue weighted by Crippen LogP contribution is 2.27. The second kappa shape index (κ2) is 8.24. The molecule has 2 heterocycles. The standard InChI is InChI=1S/C17H22N2O5S/c1-5-6-7-23-12(20)8-19-9-18-15-13(16(19)21)11(4)14(25-15)17(22)24-10(2)3/h9-10H,5-8H2,1-4H3. The second-order valence-corrected chi connectivity index (χ2v) is 6.94. The van der Waals surface area contributed by atoms with Crippen molar-refractivity contribution in [1.82, 2.24) is 9.55 Å². The SMILES string of the molecule is CCCCOC(=O)Cn1cnc2sc(C(=O)OC(C)C)c(C)c2c1=O. The molecule has 25 heavy (non-hydrogen) atoms. The number of ether oxygens (including phenoxy) is 2. The first-order valence-corrected chi connectivity index (χ1v) is 9.01. The molecule has 8 heteroatoms. The maximum atomic E-state index is 12.6. The van der Waals surface area contributed by atoms with E-state index in [-0.39, 0.29) is 18.2 Å². The molecule has 0 unspecified atom stereocenters. The van der Waals surface area contributed by atoms with Crippen LogP contribution in [0.4, 0.5) is 0 Å². The zero-order valence-electron chi connectivity index (χ0n) is 14.8. The fourth-order valence-electron chi connectivity index (χ4n) is 2.25. The molecule has 0 saturated carbocycles. The van der Waals surface area contributed by atoms with Crippen molar-refractivity contribution < 1.29 is 19.1 Å². The lowest BCUT2D eigenvalue weighted by Crippen LogP contribution is -2.26. The maximum Gasteiger partial charge on any atom is 0.348 e. The summed E-state index contributed by atoms with van der Waals surface area (Å²) >= 11 is 1.12. The van der Waals surface area contributed by atoms with E-state index in [4.69, 9.17) is 9.47 Å². The van der Waals surface area contributed by atoms with E-state index in [0.717, 1.165) is 24.2 Å². The third-order valence-electron chi connectivity index (χ3n) is 3.51. The van der Waals surface area contributed by atoms with Crippen molar-refractivity contribution in [3.05, 3.63) is 27.1 Å². The van der Waals surface area contributed by atoms with Gasteiger partial charge in [0, 0.05) is 0 Å². The number of hydrogen-bond acceptors (Lipinski definition) is 7. The number of aryl methyl sites for hydroxylation is 1. The van der Waals surface area contributed by atoms with E-state index in [1.54, 1.807) is 20.8 Å². The number of nitrogens with zero attached hydrogens (tertiary/aromatic N) is 2. The molecule has 2 aromatic rings. The Morgan fingerprint density at radius 2 is 2.08 bits per heavy atom. The summed E-state index contributed by atoms with van der Waals surface area (Å²) in [5.41, 5.74) is 0.159. The molecule has 0 atom stereocenters. The summed E-state index contributed by atoms with van der Waals surface area (Å²) in [6.07, 6.45) is 2.76. The van der Waals surface area contributed by atoms with Crippen LogP contribution >= 0.6 is 11.3 Å². The van der Waals surface area contributed by atoms with Crippen molar-refractivity contribution in [2.24, 2.45) is 0 Å². The molecule has 0 radical (unpaired) electrons. The van der Waals surface area contributed by atoms with E-state index in [1.165, 1.54) is 10.9 Å². The van der Waals surface area contributed by atoms with Gasteiger partial charge < -0.3 is 9.47 Å². The molecule has 7 nitrogen and oxygen atoms in total. The highest BCUT2D eigenvalue weighted by Gasteiger charge is 2.21. The van der Waals surface area contributed by atoms with Gasteiger partial charge in [0.15, 0.2) is 0 Å². The smallest absolute Gasteiger partial charge is 0.348 e. The first-order chi connectivity index (χ1) is 11.8. The molecule has 2 rings (SSSR count). The van der Waals surface area contributed by atoms with Gasteiger partial charge in [-0.15, -0.1) is 11.3 Å². The largest absolute Gasteiger partial charge is 0.464 e. The summed E-state index contributed by atoms with van der Waals surface area (Å²) in [6.45, 7) is 7.33. The molecule has 0 saturated heterocycles. The lowest BCUT2D eigenvalue weighted by atomic mass is 10.2. The minimum atomic E-state index is -0.482. The summed E-state index contributed by atoms with van der Waals surface area (Å²) in [4.78, 5) is 41.6. The zero-order chi connectivity index (χ0) is 18.6. The normalized spacial score (nSPS) is 11.1. The predicted molar refractivity (Wildman–Crippen MR) is 95.0 cm³/mol. The Morgan fingerprint density at radius 1 is 1.36 bits per heavy atom. The van der Waals surface area contributed by atoms with Crippen molar-refractivity contribution >= 4 is 33.5 Å². The zero-order valence-corrected chi connectivity index (χ0v) is 15.6. The average Bonchev–Trinajstić information content (AvgIpc) is 2.87. The maximum absolute atomic E-state index is 12.6. The quantitative estimate of drug-likeness (QED) is 0.553. The Balaban J connectivity index is 2.30. The lowest BCUT2D eigenvalue weighted by molar-refractivity contribution is -0.144. The Bertz CT molecular complexity index is 837. The Hall–Kier alpha value is -2.22. The van der Waals surface area contributed by atoms with Gasteiger partial charge in [-0.2, -0.15) is 0 Å². The number of aromatic nitrogens is 2. The van der Waals surface area contributed by atoms with Gasteiger partial charge in [-0.25, -0.2) is 9.78 Å². The molecule has 0 spiro atoms. The first kappa shape index (κ1) is 19.1. The van der Waals surface area contributed by atoms with Crippen LogP contribution in [0.15, 0.2) is 11.1 Å². The number of carbonyl (C=O) groups excluding carboxylic acids is 2. The third-order valence-corrected chi connectivity index (χ3v) is 4.69. The van der Waals surface area contributed by atoms with Gasteiger partial charge >= 0.3 is 11.9 Å². The van der Waals surface area contributed by atoms with Gasteiger partial charge in [-0.3, -0.25) is 14.2 Å². The summed E-state index contributed by atoms with van der Waals surface area (Å²) in [6, 6.07) is 0. The average molecular weight is 366 g/mol. The number of unbranched alkanes of at least 4 members (excludes halogenated alkanes) is 1. The Morgan fingerprint density at radius 3 is 2.72 bits per heavy atom. The molecule has 0 aliphatic heterocycles. The molecule has 136 valence electrons. The Labute approximate surface area is 149 Å². The van der Waals surface area contributed by atoms with E-state index in [0.29, 0.717) is 27.3 Å². The fourth-order valence-corrected chi connectivity index (χ4v) is 3.27. The number of hydrogen-bond donors (Lipinski definition) is 0. The van der Waals surface area contributed by atoms with E-state index >= 15 is 0 Å². The molecule has 0 aliphatic rings. The van der Waals surface area contributed by atoms with Gasteiger partial charge in [-0.1, -0.05) is 13.3 Å². The number of esters is 2. The molecule has 0 aliphatic carbocycles. The summed E-state index contributed by atoms with van der Waals surface area (Å²) < 4.78 is 11.5. The topological polar surface area (TPSA) is 87.5 Å². The van der Waals surface area contributed by atoms with E-state index in [9.17, 15) is 14.4 Å². The summed E-state index contributed by atoms with van der Waals surface area (Å²) in [5, 5.41) is 0.338. The van der Waals surface area contributed by atoms with E-state index < -0.39 is 11.9 Å². The van der Waals surface area contributed by atoms with Crippen LogP contribution in [0.3, 0.4) is 0 Å².